The second kappa shape index (κ2) is 9.34. The van der Waals surface area contributed by atoms with Crippen LogP contribution in [0.15, 0.2) is 48.7 Å². The Morgan fingerprint density at radius 2 is 2.12 bits per heavy atom. The molecule has 0 saturated carbocycles. The van der Waals surface area contributed by atoms with E-state index in [9.17, 15) is 4.79 Å². The Labute approximate surface area is 155 Å². The van der Waals surface area contributed by atoms with E-state index in [0.717, 1.165) is 43.9 Å². The van der Waals surface area contributed by atoms with E-state index in [1.807, 2.05) is 37.3 Å². The number of benzene rings is 1. The van der Waals surface area contributed by atoms with E-state index in [1.54, 1.807) is 6.20 Å². The number of amides is 1. The Morgan fingerprint density at radius 3 is 2.85 bits per heavy atom. The molecule has 1 saturated heterocycles. The summed E-state index contributed by atoms with van der Waals surface area (Å²) in [6, 6.07) is 14.3. The fourth-order valence-corrected chi connectivity index (χ4v) is 3.24. The third-order valence-corrected chi connectivity index (χ3v) is 4.63. The number of hydrogen-bond donors (Lipinski definition) is 1. The van der Waals surface area contributed by atoms with E-state index in [-0.39, 0.29) is 11.9 Å². The summed E-state index contributed by atoms with van der Waals surface area (Å²) >= 11 is 0. The van der Waals surface area contributed by atoms with E-state index >= 15 is 0 Å². The van der Waals surface area contributed by atoms with E-state index < -0.39 is 0 Å². The summed E-state index contributed by atoms with van der Waals surface area (Å²) in [4.78, 5) is 18.3. The zero-order valence-corrected chi connectivity index (χ0v) is 15.4. The Kier molecular flexibility index (Phi) is 6.61. The van der Waals surface area contributed by atoms with Gasteiger partial charge in [-0.25, -0.2) is 0 Å². The van der Waals surface area contributed by atoms with Gasteiger partial charge in [0.25, 0.3) is 0 Å². The Morgan fingerprint density at radius 1 is 1.27 bits per heavy atom. The monoisotopic (exact) mass is 353 g/mol. The maximum Gasteiger partial charge on any atom is 0.219 e. The fraction of sp³-hybridized carbons (Fsp3) is 0.429. The minimum absolute atomic E-state index is 0.145. The summed E-state index contributed by atoms with van der Waals surface area (Å²) in [6.07, 6.45) is 4.52. The molecule has 5 nitrogen and oxygen atoms in total. The van der Waals surface area contributed by atoms with E-state index in [4.69, 9.17) is 4.74 Å². The lowest BCUT2D eigenvalue weighted by atomic mass is 10.0. The predicted molar refractivity (Wildman–Crippen MR) is 102 cm³/mol. The van der Waals surface area contributed by atoms with Gasteiger partial charge in [-0.1, -0.05) is 25.1 Å². The molecule has 1 aliphatic rings. The lowest BCUT2D eigenvalue weighted by Gasteiger charge is -2.33. The molecule has 1 unspecified atom stereocenters. The number of carbonyl (C=O) groups is 1. The molecule has 138 valence electrons. The Hall–Kier alpha value is -2.40. The van der Waals surface area contributed by atoms with E-state index in [1.165, 1.54) is 5.56 Å². The molecule has 1 amide bonds. The molecule has 26 heavy (non-hydrogen) atoms. The zero-order chi connectivity index (χ0) is 18.2. The van der Waals surface area contributed by atoms with Crippen LogP contribution in [0.4, 0.5) is 0 Å². The highest BCUT2D eigenvalue weighted by Crippen LogP contribution is 2.17. The van der Waals surface area contributed by atoms with Gasteiger partial charge < -0.3 is 10.1 Å². The van der Waals surface area contributed by atoms with Crippen LogP contribution in [0.1, 0.15) is 37.4 Å². The van der Waals surface area contributed by atoms with Crippen molar-refractivity contribution in [3.8, 4) is 5.75 Å². The number of nitrogens with one attached hydrogen (secondary N) is 1. The molecule has 0 aliphatic carbocycles. The van der Waals surface area contributed by atoms with Crippen LogP contribution in [0.5, 0.6) is 5.75 Å². The van der Waals surface area contributed by atoms with Gasteiger partial charge in [0.2, 0.25) is 5.91 Å². The van der Waals surface area contributed by atoms with Crippen LogP contribution >= 0.6 is 0 Å². The average molecular weight is 353 g/mol. The average Bonchev–Trinajstić information content (AvgIpc) is 2.68. The molecular formula is C21H27N3O2. The summed E-state index contributed by atoms with van der Waals surface area (Å²) < 4.78 is 5.79. The second-order valence-electron chi connectivity index (χ2n) is 6.75. The van der Waals surface area contributed by atoms with Gasteiger partial charge in [0.1, 0.15) is 12.4 Å². The SMILES string of the molecule is CCC(=O)NC1CCCN(Cc2ccc(OCc3ccccn3)cc2)C1. The van der Waals surface area contributed by atoms with Crippen LogP contribution < -0.4 is 10.1 Å². The molecule has 2 aromatic rings. The van der Waals surface area contributed by atoms with Crippen molar-refractivity contribution in [2.45, 2.75) is 45.4 Å². The van der Waals surface area contributed by atoms with E-state index in [0.29, 0.717) is 13.0 Å². The minimum Gasteiger partial charge on any atom is -0.487 e. The number of piperidine rings is 1. The molecule has 0 spiro atoms. The zero-order valence-electron chi connectivity index (χ0n) is 15.4. The summed E-state index contributed by atoms with van der Waals surface area (Å²) in [5.74, 6) is 0.998. The third kappa shape index (κ3) is 5.56. The molecule has 3 rings (SSSR count). The van der Waals surface area contributed by atoms with Crippen LogP contribution in [-0.2, 0) is 17.9 Å². The smallest absolute Gasteiger partial charge is 0.219 e. The maximum atomic E-state index is 11.6. The number of nitrogens with zero attached hydrogens (tertiary/aromatic N) is 2. The first kappa shape index (κ1) is 18.4. The van der Waals surface area contributed by atoms with Gasteiger partial charge >= 0.3 is 0 Å². The predicted octanol–water partition coefficient (Wildman–Crippen LogP) is 3.15. The Balaban J connectivity index is 1.48. The quantitative estimate of drug-likeness (QED) is 0.831. The Bertz CT molecular complexity index is 688. The topological polar surface area (TPSA) is 54.5 Å². The van der Waals surface area contributed by atoms with Gasteiger partial charge in [-0.2, -0.15) is 0 Å². The fourth-order valence-electron chi connectivity index (χ4n) is 3.24. The first-order chi connectivity index (χ1) is 12.7. The molecule has 1 aromatic carbocycles. The lowest BCUT2D eigenvalue weighted by Crippen LogP contribution is -2.47. The number of ether oxygens (including phenoxy) is 1. The van der Waals surface area contributed by atoms with Crippen molar-refractivity contribution < 1.29 is 9.53 Å². The van der Waals surface area contributed by atoms with Crippen LogP contribution in [0.2, 0.25) is 0 Å². The van der Waals surface area contributed by atoms with Crippen molar-refractivity contribution in [2.75, 3.05) is 13.1 Å². The number of pyridine rings is 1. The standard InChI is InChI=1S/C21H27N3O2/c1-2-21(25)23-18-7-5-13-24(15-18)14-17-8-10-20(11-9-17)26-16-19-6-3-4-12-22-19/h3-4,6,8-12,18H,2,5,7,13-16H2,1H3,(H,23,25). The third-order valence-electron chi connectivity index (χ3n) is 4.63. The van der Waals surface area contributed by atoms with Crippen LogP contribution in [0, 0.1) is 0 Å². The summed E-state index contributed by atoms with van der Waals surface area (Å²) in [5.41, 5.74) is 2.18. The van der Waals surface area contributed by atoms with Gasteiger partial charge in [-0.15, -0.1) is 0 Å². The summed E-state index contributed by atoms with van der Waals surface area (Å²) in [7, 11) is 0. The van der Waals surface area contributed by atoms with Crippen LogP contribution in [0.3, 0.4) is 0 Å². The molecular weight excluding hydrogens is 326 g/mol. The molecule has 2 heterocycles. The highest BCUT2D eigenvalue weighted by molar-refractivity contribution is 5.75. The van der Waals surface area contributed by atoms with Gasteiger partial charge in [-0.05, 0) is 49.2 Å². The molecule has 1 aliphatic heterocycles. The number of aromatic nitrogens is 1. The van der Waals surface area contributed by atoms with E-state index in [2.05, 4.69) is 27.3 Å². The van der Waals surface area contributed by atoms with Gasteiger partial charge in [-0.3, -0.25) is 14.7 Å². The van der Waals surface area contributed by atoms with Crippen molar-refractivity contribution in [1.82, 2.24) is 15.2 Å². The molecule has 5 heteroatoms. The van der Waals surface area contributed by atoms with Crippen molar-refractivity contribution in [3.05, 3.63) is 59.9 Å². The number of hydrogen-bond acceptors (Lipinski definition) is 4. The first-order valence-electron chi connectivity index (χ1n) is 9.36. The van der Waals surface area contributed by atoms with Gasteiger partial charge in [0.15, 0.2) is 0 Å². The minimum atomic E-state index is 0.145. The summed E-state index contributed by atoms with van der Waals surface area (Å²) in [5, 5.41) is 3.12. The summed E-state index contributed by atoms with van der Waals surface area (Å²) in [6.45, 7) is 5.28. The molecule has 1 N–H and O–H groups in total. The van der Waals surface area contributed by atoms with Crippen molar-refractivity contribution in [2.24, 2.45) is 0 Å². The number of carbonyl (C=O) groups excluding carboxylic acids is 1. The van der Waals surface area contributed by atoms with Gasteiger partial charge in [0, 0.05) is 31.7 Å². The second-order valence-corrected chi connectivity index (χ2v) is 6.75. The van der Waals surface area contributed by atoms with Crippen LogP contribution in [0.25, 0.3) is 0 Å². The lowest BCUT2D eigenvalue weighted by molar-refractivity contribution is -0.121. The molecule has 1 fully saturated rings. The first-order valence-corrected chi connectivity index (χ1v) is 9.36. The van der Waals surface area contributed by atoms with Crippen molar-refractivity contribution >= 4 is 5.91 Å². The normalized spacial score (nSPS) is 17.7. The highest BCUT2D eigenvalue weighted by atomic mass is 16.5. The van der Waals surface area contributed by atoms with Crippen LogP contribution in [-0.4, -0.2) is 34.9 Å². The molecule has 0 bridgehead atoms. The van der Waals surface area contributed by atoms with Crippen molar-refractivity contribution in [3.63, 3.8) is 0 Å². The molecule has 1 atom stereocenters. The number of rotatable bonds is 7. The molecule has 0 radical (unpaired) electrons. The highest BCUT2D eigenvalue weighted by Gasteiger charge is 2.20. The molecule has 1 aromatic heterocycles. The largest absolute Gasteiger partial charge is 0.487 e. The maximum absolute atomic E-state index is 11.6. The van der Waals surface area contributed by atoms with Crippen molar-refractivity contribution in [1.29, 1.82) is 0 Å². The number of likely N-dealkylation sites (tertiary alicyclic amines) is 1. The van der Waals surface area contributed by atoms with Gasteiger partial charge in [0.05, 0.1) is 5.69 Å².